The summed E-state index contributed by atoms with van der Waals surface area (Å²) in [5.74, 6) is -0.207. The van der Waals surface area contributed by atoms with Crippen LogP contribution in [0.15, 0.2) is 79.3 Å². The highest BCUT2D eigenvalue weighted by molar-refractivity contribution is 6.33. The van der Waals surface area contributed by atoms with Gasteiger partial charge in [-0.05, 0) is 50.2 Å². The predicted octanol–water partition coefficient (Wildman–Crippen LogP) is 6.72. The maximum atomic E-state index is 14.0. The van der Waals surface area contributed by atoms with Gasteiger partial charge < -0.3 is 5.32 Å². The third-order valence-corrected chi connectivity index (χ3v) is 6.10. The number of hydrogen-bond donors (Lipinski definition) is 1. The maximum absolute atomic E-state index is 14.0. The molecule has 0 saturated carbocycles. The second kappa shape index (κ2) is 8.72. The Kier molecular flexibility index (Phi) is 5.59. The van der Waals surface area contributed by atoms with Crippen LogP contribution in [0.1, 0.15) is 21.6 Å². The van der Waals surface area contributed by atoms with Crippen LogP contribution >= 0.6 is 11.6 Å². The molecule has 3 aromatic heterocycles. The number of hydrogen-bond acceptors (Lipinski definition) is 3. The van der Waals surface area contributed by atoms with Crippen LogP contribution < -0.4 is 5.32 Å². The molecule has 0 saturated heterocycles. The number of aryl methyl sites for hydroxylation is 2. The van der Waals surface area contributed by atoms with Crippen LogP contribution in [0.5, 0.6) is 0 Å². The molecule has 0 aliphatic heterocycles. The van der Waals surface area contributed by atoms with Gasteiger partial charge in [0.05, 0.1) is 28.0 Å². The van der Waals surface area contributed by atoms with E-state index in [0.29, 0.717) is 22.6 Å². The zero-order valence-corrected chi connectivity index (χ0v) is 19.3. The quantitative estimate of drug-likeness (QED) is 0.317. The van der Waals surface area contributed by atoms with Gasteiger partial charge in [0.2, 0.25) is 0 Å². The van der Waals surface area contributed by atoms with Gasteiger partial charge in [-0.15, -0.1) is 0 Å². The summed E-state index contributed by atoms with van der Waals surface area (Å²) in [6.45, 7) is 3.80. The number of amides is 1. The number of anilines is 1. The van der Waals surface area contributed by atoms with Gasteiger partial charge in [0.25, 0.3) is 5.91 Å². The van der Waals surface area contributed by atoms with Crippen LogP contribution in [-0.2, 0) is 0 Å². The fraction of sp³-hybridized carbons (Fsp3) is 0.0741. The molecular weight excluding hydrogens is 451 g/mol. The Morgan fingerprint density at radius 3 is 2.53 bits per heavy atom. The second-order valence-corrected chi connectivity index (χ2v) is 8.42. The summed E-state index contributed by atoms with van der Waals surface area (Å²) in [5.41, 5.74) is 5.83. The lowest BCUT2D eigenvalue weighted by atomic mass is 10.0. The van der Waals surface area contributed by atoms with Crippen LogP contribution in [-0.4, -0.2) is 20.3 Å². The Bertz CT molecular complexity index is 1540. The Hall–Kier alpha value is -4.03. The first-order chi connectivity index (χ1) is 16.4. The molecule has 5 nitrogen and oxygen atoms in total. The van der Waals surface area contributed by atoms with E-state index in [1.165, 1.54) is 6.07 Å². The van der Waals surface area contributed by atoms with E-state index in [2.05, 4.69) is 15.3 Å². The summed E-state index contributed by atoms with van der Waals surface area (Å²) in [5, 5.41) is 2.95. The minimum absolute atomic E-state index is 0.0208. The summed E-state index contributed by atoms with van der Waals surface area (Å²) in [4.78, 5) is 22.0. The van der Waals surface area contributed by atoms with Crippen molar-refractivity contribution in [2.45, 2.75) is 13.8 Å². The zero-order valence-electron chi connectivity index (χ0n) is 18.5. The molecule has 0 fully saturated rings. The van der Waals surface area contributed by atoms with E-state index in [1.807, 2.05) is 60.0 Å². The van der Waals surface area contributed by atoms with Crippen molar-refractivity contribution in [1.82, 2.24) is 14.4 Å². The topological polar surface area (TPSA) is 59.3 Å². The van der Waals surface area contributed by atoms with E-state index in [9.17, 15) is 9.18 Å². The van der Waals surface area contributed by atoms with Crippen molar-refractivity contribution in [2.24, 2.45) is 0 Å². The highest BCUT2D eigenvalue weighted by Gasteiger charge is 2.17. The molecule has 34 heavy (non-hydrogen) atoms. The molecule has 0 radical (unpaired) electrons. The second-order valence-electron chi connectivity index (χ2n) is 8.04. The molecule has 1 amide bonds. The Balaban J connectivity index is 1.55. The lowest BCUT2D eigenvalue weighted by molar-refractivity contribution is 0.102. The number of aromatic nitrogens is 3. The number of carbonyl (C=O) groups excluding carboxylic acids is 1. The molecule has 1 N–H and O–H groups in total. The minimum Gasteiger partial charge on any atom is -0.322 e. The van der Waals surface area contributed by atoms with Crippen LogP contribution in [0, 0.1) is 19.7 Å². The van der Waals surface area contributed by atoms with Crippen molar-refractivity contribution >= 4 is 28.7 Å². The number of rotatable bonds is 4. The first-order valence-corrected chi connectivity index (χ1v) is 11.1. The molecule has 7 heteroatoms. The number of carbonyl (C=O) groups is 1. The average molecular weight is 471 g/mol. The third-order valence-electron chi connectivity index (χ3n) is 5.72. The molecule has 0 aliphatic carbocycles. The first kappa shape index (κ1) is 21.8. The lowest BCUT2D eigenvalue weighted by Crippen LogP contribution is -2.14. The SMILES string of the molecule is Cc1ccc(NC(=O)c2cc(-c3cccn4c(-c5cccc(F)c5Cl)ncc34)cnc2C)cc1. The Morgan fingerprint density at radius 2 is 1.74 bits per heavy atom. The highest BCUT2D eigenvalue weighted by Crippen LogP contribution is 2.33. The maximum Gasteiger partial charge on any atom is 0.257 e. The standard InChI is InChI=1S/C27H20ClFN4O/c1-16-8-10-19(11-9-16)32-27(34)22-13-18(14-30-17(22)2)20-6-4-12-33-24(20)15-31-26(33)21-5-3-7-23(29)25(21)28/h3-15H,1-2H3,(H,32,34). The predicted molar refractivity (Wildman–Crippen MR) is 133 cm³/mol. The number of fused-ring (bicyclic) bond motifs is 1. The third kappa shape index (κ3) is 3.93. The summed E-state index contributed by atoms with van der Waals surface area (Å²) in [6, 6.07) is 17.9. The minimum atomic E-state index is -0.501. The van der Waals surface area contributed by atoms with Crippen molar-refractivity contribution < 1.29 is 9.18 Å². The van der Waals surface area contributed by atoms with Crippen LogP contribution in [0.4, 0.5) is 10.1 Å². The van der Waals surface area contributed by atoms with Gasteiger partial charge in [-0.3, -0.25) is 14.2 Å². The van der Waals surface area contributed by atoms with Gasteiger partial charge >= 0.3 is 0 Å². The van der Waals surface area contributed by atoms with Crippen molar-refractivity contribution in [1.29, 1.82) is 0 Å². The first-order valence-electron chi connectivity index (χ1n) is 10.7. The van der Waals surface area contributed by atoms with Gasteiger partial charge in [0.1, 0.15) is 11.6 Å². The average Bonchev–Trinajstić information content (AvgIpc) is 3.27. The molecule has 0 unspecified atom stereocenters. The molecule has 3 heterocycles. The van der Waals surface area contributed by atoms with Crippen molar-refractivity contribution in [3.63, 3.8) is 0 Å². The number of pyridine rings is 2. The molecule has 0 bridgehead atoms. The molecule has 0 atom stereocenters. The summed E-state index contributed by atoms with van der Waals surface area (Å²) in [7, 11) is 0. The number of benzene rings is 2. The summed E-state index contributed by atoms with van der Waals surface area (Å²) < 4.78 is 15.9. The van der Waals surface area contributed by atoms with Crippen LogP contribution in [0.3, 0.4) is 0 Å². The van der Waals surface area contributed by atoms with Crippen molar-refractivity contribution in [3.8, 4) is 22.5 Å². The van der Waals surface area contributed by atoms with E-state index in [0.717, 1.165) is 27.9 Å². The van der Waals surface area contributed by atoms with Crippen LogP contribution in [0.25, 0.3) is 28.0 Å². The van der Waals surface area contributed by atoms with Gasteiger partial charge in [-0.2, -0.15) is 0 Å². The van der Waals surface area contributed by atoms with E-state index in [4.69, 9.17) is 11.6 Å². The number of nitrogens with zero attached hydrogens (tertiary/aromatic N) is 3. The van der Waals surface area contributed by atoms with E-state index >= 15 is 0 Å². The Labute approximate surface area is 200 Å². The van der Waals surface area contributed by atoms with Gasteiger partial charge in [0.15, 0.2) is 0 Å². The normalized spacial score (nSPS) is 11.1. The summed E-state index contributed by atoms with van der Waals surface area (Å²) >= 11 is 6.21. The largest absolute Gasteiger partial charge is 0.322 e. The highest BCUT2D eigenvalue weighted by atomic mass is 35.5. The van der Waals surface area contributed by atoms with E-state index < -0.39 is 5.82 Å². The molecular formula is C27H20ClFN4O. The molecule has 168 valence electrons. The van der Waals surface area contributed by atoms with E-state index in [-0.39, 0.29) is 10.9 Å². The fourth-order valence-electron chi connectivity index (χ4n) is 3.89. The van der Waals surface area contributed by atoms with Crippen molar-refractivity contribution in [3.05, 3.63) is 107 Å². The van der Waals surface area contributed by atoms with Gasteiger partial charge in [-0.25, -0.2) is 9.37 Å². The monoisotopic (exact) mass is 470 g/mol. The van der Waals surface area contributed by atoms with Gasteiger partial charge in [-0.1, -0.05) is 41.4 Å². The zero-order chi connectivity index (χ0) is 23.8. The van der Waals surface area contributed by atoms with E-state index in [1.54, 1.807) is 31.5 Å². The smallest absolute Gasteiger partial charge is 0.257 e. The van der Waals surface area contributed by atoms with Gasteiger partial charge in [0, 0.05) is 34.8 Å². The molecule has 0 aliphatic rings. The van der Waals surface area contributed by atoms with Crippen LogP contribution in [0.2, 0.25) is 5.02 Å². The summed E-state index contributed by atoms with van der Waals surface area (Å²) in [6.07, 6.45) is 5.28. The Morgan fingerprint density at radius 1 is 0.971 bits per heavy atom. The molecule has 5 rings (SSSR count). The molecule has 2 aromatic carbocycles. The number of halogens is 2. The number of imidazole rings is 1. The van der Waals surface area contributed by atoms with Crippen molar-refractivity contribution in [2.75, 3.05) is 5.32 Å². The fourth-order valence-corrected chi connectivity index (χ4v) is 4.10. The number of nitrogens with one attached hydrogen (secondary N) is 1. The molecule has 0 spiro atoms. The molecule has 5 aromatic rings. The lowest BCUT2D eigenvalue weighted by Gasteiger charge is -2.11.